The van der Waals surface area contributed by atoms with Gasteiger partial charge in [-0.1, -0.05) is 44.2 Å². The molecule has 0 saturated carbocycles. The van der Waals surface area contributed by atoms with E-state index >= 15 is 0 Å². The summed E-state index contributed by atoms with van der Waals surface area (Å²) >= 11 is 0. The van der Waals surface area contributed by atoms with Gasteiger partial charge >= 0.3 is 5.97 Å². The zero-order valence-electron chi connectivity index (χ0n) is 19.7. The van der Waals surface area contributed by atoms with Crippen molar-refractivity contribution in [3.05, 3.63) is 42.5 Å². The van der Waals surface area contributed by atoms with E-state index in [1.165, 1.54) is 7.11 Å². The molecule has 8 nitrogen and oxygen atoms in total. The lowest BCUT2D eigenvalue weighted by molar-refractivity contribution is -0.146. The van der Waals surface area contributed by atoms with E-state index in [0.717, 1.165) is 10.8 Å². The summed E-state index contributed by atoms with van der Waals surface area (Å²) in [7, 11) is -2.56. The highest BCUT2D eigenvalue weighted by Gasteiger charge is 2.35. The van der Waals surface area contributed by atoms with Crippen LogP contribution in [0.1, 0.15) is 33.1 Å². The predicted octanol–water partition coefficient (Wildman–Crippen LogP) is 2.46. The highest BCUT2D eigenvalue weighted by Crippen LogP contribution is 2.24. The standard InChI is InChI=1S/C25H32N2O6S/c1-16(2)12-20(15-34(31,32)21-9-8-17-6-4-5-7-18(17)13-21)24(29)27-22(25(30)33-3)14-19-10-11-26-23(19)28/h4-9,13,16,19-20,22H,10-12,14-15H2,1-3H3,(H,26,28)(H,27,29)/t19-,20+,22-/m0/s1. The van der Waals surface area contributed by atoms with E-state index in [4.69, 9.17) is 4.74 Å². The molecule has 2 amide bonds. The minimum absolute atomic E-state index is 0.0553. The molecule has 9 heteroatoms. The Bertz CT molecular complexity index is 1160. The van der Waals surface area contributed by atoms with Gasteiger partial charge in [0.1, 0.15) is 6.04 Å². The van der Waals surface area contributed by atoms with Crippen LogP contribution < -0.4 is 10.6 Å². The fourth-order valence-corrected chi connectivity index (χ4v) is 5.93. The van der Waals surface area contributed by atoms with Crippen LogP contribution in [0.25, 0.3) is 10.8 Å². The van der Waals surface area contributed by atoms with E-state index < -0.39 is 39.6 Å². The van der Waals surface area contributed by atoms with E-state index in [0.29, 0.717) is 19.4 Å². The molecule has 1 aliphatic rings. The number of benzene rings is 2. The van der Waals surface area contributed by atoms with Gasteiger partial charge in [0.25, 0.3) is 0 Å². The maximum Gasteiger partial charge on any atom is 0.328 e. The number of esters is 1. The molecule has 1 fully saturated rings. The van der Waals surface area contributed by atoms with Crippen LogP contribution in [0.2, 0.25) is 0 Å². The van der Waals surface area contributed by atoms with Gasteiger partial charge in [-0.25, -0.2) is 13.2 Å². The Kier molecular flexibility index (Phi) is 8.30. The number of sulfone groups is 1. The van der Waals surface area contributed by atoms with Crippen LogP contribution >= 0.6 is 0 Å². The lowest BCUT2D eigenvalue weighted by atomic mass is 9.95. The Hall–Kier alpha value is -2.94. The first-order valence-corrected chi connectivity index (χ1v) is 13.1. The number of hydrogen-bond donors (Lipinski definition) is 2. The summed E-state index contributed by atoms with van der Waals surface area (Å²) < 4.78 is 31.3. The number of amides is 2. The highest BCUT2D eigenvalue weighted by molar-refractivity contribution is 7.91. The van der Waals surface area contributed by atoms with Gasteiger partial charge in [-0.05, 0) is 48.1 Å². The van der Waals surface area contributed by atoms with Gasteiger partial charge in [-0.3, -0.25) is 9.59 Å². The maximum atomic E-state index is 13.2. The van der Waals surface area contributed by atoms with Crippen LogP contribution in [-0.2, 0) is 29.0 Å². The van der Waals surface area contributed by atoms with E-state index in [1.807, 2.05) is 38.1 Å². The summed E-state index contributed by atoms with van der Waals surface area (Å²) in [5.74, 6) is -2.95. The van der Waals surface area contributed by atoms with Crippen LogP contribution in [0.15, 0.2) is 47.4 Å². The number of fused-ring (bicyclic) bond motifs is 1. The van der Waals surface area contributed by atoms with Crippen LogP contribution in [0.5, 0.6) is 0 Å². The van der Waals surface area contributed by atoms with Crippen LogP contribution in [0, 0.1) is 17.8 Å². The van der Waals surface area contributed by atoms with Crippen molar-refractivity contribution in [2.24, 2.45) is 17.8 Å². The minimum atomic E-state index is -3.78. The van der Waals surface area contributed by atoms with Crippen LogP contribution in [-0.4, -0.2) is 51.7 Å². The van der Waals surface area contributed by atoms with Crippen molar-refractivity contribution in [2.75, 3.05) is 19.4 Å². The van der Waals surface area contributed by atoms with E-state index in [9.17, 15) is 22.8 Å². The summed E-state index contributed by atoms with van der Waals surface area (Å²) in [4.78, 5) is 37.7. The molecule has 1 heterocycles. The average molecular weight is 489 g/mol. The molecule has 3 atom stereocenters. The van der Waals surface area contributed by atoms with Gasteiger partial charge in [-0.15, -0.1) is 0 Å². The van der Waals surface area contributed by atoms with Crippen molar-refractivity contribution in [3.63, 3.8) is 0 Å². The van der Waals surface area contributed by atoms with Crippen molar-refractivity contribution in [3.8, 4) is 0 Å². The van der Waals surface area contributed by atoms with Crippen molar-refractivity contribution in [2.45, 2.75) is 44.0 Å². The summed E-state index contributed by atoms with van der Waals surface area (Å²) in [5.41, 5.74) is 0. The molecule has 2 aromatic rings. The van der Waals surface area contributed by atoms with Crippen LogP contribution in [0.3, 0.4) is 0 Å². The third kappa shape index (κ3) is 6.34. The second-order valence-corrected chi connectivity index (χ2v) is 11.2. The lowest BCUT2D eigenvalue weighted by Crippen LogP contribution is -2.47. The van der Waals surface area contributed by atoms with Gasteiger partial charge in [0.2, 0.25) is 11.8 Å². The number of ether oxygens (including phenoxy) is 1. The Labute approximate surface area is 200 Å². The van der Waals surface area contributed by atoms with Gasteiger partial charge < -0.3 is 15.4 Å². The molecule has 0 aromatic heterocycles. The molecule has 1 aliphatic heterocycles. The molecule has 0 aliphatic carbocycles. The fraction of sp³-hybridized carbons (Fsp3) is 0.480. The van der Waals surface area contributed by atoms with E-state index in [-0.39, 0.29) is 28.9 Å². The first-order chi connectivity index (χ1) is 16.1. The molecule has 0 bridgehead atoms. The molecule has 1 saturated heterocycles. The molecular weight excluding hydrogens is 456 g/mol. The molecule has 0 unspecified atom stereocenters. The number of carbonyl (C=O) groups excluding carboxylic acids is 3. The Morgan fingerprint density at radius 2 is 1.85 bits per heavy atom. The van der Waals surface area contributed by atoms with Gasteiger partial charge in [-0.2, -0.15) is 0 Å². The second kappa shape index (κ2) is 11.0. The SMILES string of the molecule is COC(=O)[C@H](C[C@@H]1CCNC1=O)NC(=O)[C@H](CC(C)C)CS(=O)(=O)c1ccc2ccccc2c1. The zero-order valence-corrected chi connectivity index (χ0v) is 20.6. The summed E-state index contributed by atoms with van der Waals surface area (Å²) in [6.45, 7) is 4.33. The lowest BCUT2D eigenvalue weighted by Gasteiger charge is -2.23. The number of carbonyl (C=O) groups is 3. The molecular formula is C25H32N2O6S. The maximum absolute atomic E-state index is 13.2. The predicted molar refractivity (Wildman–Crippen MR) is 129 cm³/mol. The van der Waals surface area contributed by atoms with Gasteiger partial charge in [0.15, 0.2) is 9.84 Å². The smallest absolute Gasteiger partial charge is 0.328 e. The molecule has 0 spiro atoms. The Morgan fingerprint density at radius 1 is 1.15 bits per heavy atom. The van der Waals surface area contributed by atoms with E-state index in [2.05, 4.69) is 10.6 Å². The average Bonchev–Trinajstić information content (AvgIpc) is 3.21. The van der Waals surface area contributed by atoms with Crippen molar-refractivity contribution >= 4 is 38.4 Å². The largest absolute Gasteiger partial charge is 0.467 e. The van der Waals surface area contributed by atoms with Gasteiger partial charge in [0.05, 0.1) is 23.7 Å². The highest BCUT2D eigenvalue weighted by atomic mass is 32.2. The first-order valence-electron chi connectivity index (χ1n) is 11.5. The number of nitrogens with one attached hydrogen (secondary N) is 2. The first kappa shape index (κ1) is 25.7. The van der Waals surface area contributed by atoms with Crippen molar-refractivity contribution in [1.29, 1.82) is 0 Å². The second-order valence-electron chi connectivity index (χ2n) is 9.21. The van der Waals surface area contributed by atoms with E-state index in [1.54, 1.807) is 18.2 Å². The molecule has 2 N–H and O–H groups in total. The minimum Gasteiger partial charge on any atom is -0.467 e. The molecule has 184 valence electrons. The van der Waals surface area contributed by atoms with Gasteiger partial charge in [0, 0.05) is 12.5 Å². The van der Waals surface area contributed by atoms with Crippen molar-refractivity contribution < 1.29 is 27.5 Å². The molecule has 0 radical (unpaired) electrons. The Morgan fingerprint density at radius 3 is 2.47 bits per heavy atom. The molecule has 2 aromatic carbocycles. The molecule has 3 rings (SSSR count). The summed E-state index contributed by atoms with van der Waals surface area (Å²) in [6.07, 6.45) is 1.00. The van der Waals surface area contributed by atoms with Crippen molar-refractivity contribution in [1.82, 2.24) is 10.6 Å². The third-order valence-corrected chi connectivity index (χ3v) is 7.93. The normalized spacial score (nSPS) is 17.9. The molecule has 34 heavy (non-hydrogen) atoms. The number of hydrogen-bond acceptors (Lipinski definition) is 6. The zero-order chi connectivity index (χ0) is 24.9. The monoisotopic (exact) mass is 488 g/mol. The van der Waals surface area contributed by atoms with Crippen LogP contribution in [0.4, 0.5) is 0 Å². The summed E-state index contributed by atoms with van der Waals surface area (Å²) in [6, 6.07) is 11.4. The Balaban J connectivity index is 1.80. The third-order valence-electron chi connectivity index (χ3n) is 6.11. The topological polar surface area (TPSA) is 119 Å². The summed E-state index contributed by atoms with van der Waals surface area (Å²) in [5, 5.41) is 7.11. The number of rotatable bonds is 10. The fourth-order valence-electron chi connectivity index (χ4n) is 4.34. The number of methoxy groups -OCH3 is 1. The quantitative estimate of drug-likeness (QED) is 0.496.